The maximum Gasteiger partial charge on any atom is 0.416 e. The summed E-state index contributed by atoms with van der Waals surface area (Å²) in [5.74, 6) is 0. The molecule has 0 amide bonds. The highest BCUT2D eigenvalue weighted by Crippen LogP contribution is 2.39. The first-order valence-corrected chi connectivity index (χ1v) is 10.4. The number of halogens is 7. The highest BCUT2D eigenvalue weighted by atomic mass is 79.9. The second-order valence-corrected chi connectivity index (χ2v) is 8.93. The molecule has 0 unspecified atom stereocenters. The van der Waals surface area contributed by atoms with Crippen molar-refractivity contribution in [2.45, 2.75) is 30.1 Å². The van der Waals surface area contributed by atoms with Crippen molar-refractivity contribution in [2.24, 2.45) is 0 Å². The van der Waals surface area contributed by atoms with Gasteiger partial charge in [-0.15, -0.1) is 0 Å². The van der Waals surface area contributed by atoms with Gasteiger partial charge in [-0.3, -0.25) is 4.72 Å². The normalized spacial score (nSPS) is 14.9. The molecule has 2 N–H and O–H groups in total. The number of alkyl halides is 6. The van der Waals surface area contributed by atoms with Crippen LogP contribution in [0, 0.1) is 0 Å². The third-order valence-electron chi connectivity index (χ3n) is 4.20. The number of anilines is 2. The van der Waals surface area contributed by atoms with E-state index in [4.69, 9.17) is 0 Å². The average molecular weight is 503 g/mol. The van der Waals surface area contributed by atoms with Crippen molar-refractivity contribution in [3.8, 4) is 0 Å². The fraction of sp³-hybridized carbons (Fsp3) is 0.294. The lowest BCUT2D eigenvalue weighted by atomic mass is 10.0. The quantitative estimate of drug-likeness (QED) is 0.533. The number of hydrogen-bond acceptors (Lipinski definition) is 3. The fourth-order valence-corrected chi connectivity index (χ4v) is 4.91. The van der Waals surface area contributed by atoms with E-state index in [1.54, 1.807) is 6.07 Å². The van der Waals surface area contributed by atoms with E-state index < -0.39 is 39.2 Å². The van der Waals surface area contributed by atoms with Gasteiger partial charge in [-0.05, 0) is 48.7 Å². The highest BCUT2D eigenvalue weighted by Gasteiger charge is 2.37. The SMILES string of the molecule is O=S(=O)(Nc1cc(C(F)(F)F)cc(C(F)(F)F)c1)c1cc(Br)cc2c1NCCC2. The summed E-state index contributed by atoms with van der Waals surface area (Å²) in [5.41, 5.74) is -3.11. The van der Waals surface area contributed by atoms with E-state index in [0.29, 0.717) is 35.1 Å². The Morgan fingerprint density at radius 3 is 2.07 bits per heavy atom. The van der Waals surface area contributed by atoms with Crippen LogP contribution in [0.3, 0.4) is 0 Å². The molecule has 0 aromatic heterocycles. The highest BCUT2D eigenvalue weighted by molar-refractivity contribution is 9.10. The molecule has 3 rings (SSSR count). The van der Waals surface area contributed by atoms with Gasteiger partial charge in [0.2, 0.25) is 0 Å². The van der Waals surface area contributed by atoms with Crippen LogP contribution in [0.25, 0.3) is 0 Å². The van der Waals surface area contributed by atoms with Gasteiger partial charge in [-0.1, -0.05) is 15.9 Å². The van der Waals surface area contributed by atoms with Crippen LogP contribution in [0.4, 0.5) is 37.7 Å². The maximum absolute atomic E-state index is 13.0. The van der Waals surface area contributed by atoms with E-state index in [1.807, 2.05) is 4.72 Å². The third-order valence-corrected chi connectivity index (χ3v) is 6.07. The second kappa shape index (κ2) is 7.38. The summed E-state index contributed by atoms with van der Waals surface area (Å²) in [5, 5.41) is 2.92. The molecular weight excluding hydrogens is 490 g/mol. The molecular formula is C17H13BrF6N2O2S. The van der Waals surface area contributed by atoms with Crippen LogP contribution >= 0.6 is 15.9 Å². The Bertz CT molecular complexity index is 1020. The van der Waals surface area contributed by atoms with Crippen LogP contribution in [0.5, 0.6) is 0 Å². The van der Waals surface area contributed by atoms with E-state index in [9.17, 15) is 34.8 Å². The molecule has 12 heteroatoms. The van der Waals surface area contributed by atoms with E-state index in [1.165, 1.54) is 6.07 Å². The van der Waals surface area contributed by atoms with Crippen LogP contribution in [-0.4, -0.2) is 15.0 Å². The summed E-state index contributed by atoms with van der Waals surface area (Å²) in [4.78, 5) is -0.271. The largest absolute Gasteiger partial charge is 0.416 e. The molecule has 29 heavy (non-hydrogen) atoms. The predicted molar refractivity (Wildman–Crippen MR) is 98.2 cm³/mol. The van der Waals surface area contributed by atoms with Gasteiger partial charge in [0.05, 0.1) is 22.5 Å². The molecule has 1 aliphatic heterocycles. The second-order valence-electron chi connectivity index (χ2n) is 6.37. The van der Waals surface area contributed by atoms with Crippen molar-refractivity contribution in [1.82, 2.24) is 0 Å². The van der Waals surface area contributed by atoms with Gasteiger partial charge in [0, 0.05) is 11.0 Å². The van der Waals surface area contributed by atoms with Crippen molar-refractivity contribution >= 4 is 37.3 Å². The Hall–Kier alpha value is -1.95. The first kappa shape index (κ1) is 21.8. The number of sulfonamides is 1. The average Bonchev–Trinajstić information content (AvgIpc) is 2.58. The van der Waals surface area contributed by atoms with Gasteiger partial charge in [0.15, 0.2) is 0 Å². The molecule has 0 aliphatic carbocycles. The lowest BCUT2D eigenvalue weighted by molar-refractivity contribution is -0.143. The van der Waals surface area contributed by atoms with Crippen LogP contribution in [0.15, 0.2) is 39.7 Å². The number of hydrogen-bond donors (Lipinski definition) is 2. The van der Waals surface area contributed by atoms with Crippen molar-refractivity contribution in [1.29, 1.82) is 0 Å². The topological polar surface area (TPSA) is 58.2 Å². The molecule has 0 spiro atoms. The molecule has 2 aromatic rings. The summed E-state index contributed by atoms with van der Waals surface area (Å²) < 4.78 is 106. The Morgan fingerprint density at radius 1 is 0.931 bits per heavy atom. The Labute approximate surface area is 170 Å². The van der Waals surface area contributed by atoms with Gasteiger partial charge in [0.1, 0.15) is 4.90 Å². The van der Waals surface area contributed by atoms with Gasteiger partial charge in [-0.2, -0.15) is 26.3 Å². The van der Waals surface area contributed by atoms with Crippen LogP contribution in [0.2, 0.25) is 0 Å². The van der Waals surface area contributed by atoms with E-state index in [2.05, 4.69) is 21.2 Å². The maximum atomic E-state index is 13.0. The van der Waals surface area contributed by atoms with Gasteiger partial charge >= 0.3 is 12.4 Å². The number of nitrogens with one attached hydrogen (secondary N) is 2. The summed E-state index contributed by atoms with van der Waals surface area (Å²) in [7, 11) is -4.48. The summed E-state index contributed by atoms with van der Waals surface area (Å²) >= 11 is 3.18. The molecule has 1 aliphatic rings. The van der Waals surface area contributed by atoms with Gasteiger partial charge < -0.3 is 5.32 Å². The predicted octanol–water partition coefficient (Wildman–Crippen LogP) is 5.65. The lowest BCUT2D eigenvalue weighted by Gasteiger charge is -2.22. The van der Waals surface area contributed by atoms with Crippen molar-refractivity contribution < 1.29 is 34.8 Å². The zero-order chi connectivity index (χ0) is 21.6. The Balaban J connectivity index is 2.09. The molecule has 0 fully saturated rings. The standard InChI is InChI=1S/C17H13BrF6N2O2S/c18-12-4-9-2-1-3-25-15(9)14(8-12)29(27,28)26-13-6-10(16(19,20)21)5-11(7-13)17(22,23)24/h4-8,25-26H,1-3H2. The molecule has 0 saturated heterocycles. The minimum absolute atomic E-state index is 0.0691. The Morgan fingerprint density at radius 2 is 1.52 bits per heavy atom. The summed E-state index contributed by atoms with van der Waals surface area (Å²) in [6, 6.07) is 3.51. The molecule has 0 atom stereocenters. The minimum atomic E-state index is -5.09. The molecule has 0 radical (unpaired) electrons. The molecule has 0 bridgehead atoms. The molecule has 1 heterocycles. The molecule has 0 saturated carbocycles. The van der Waals surface area contributed by atoms with E-state index in [-0.39, 0.29) is 16.6 Å². The van der Waals surface area contributed by atoms with Crippen molar-refractivity contribution in [2.75, 3.05) is 16.6 Å². The van der Waals surface area contributed by atoms with Gasteiger partial charge in [-0.25, -0.2) is 8.42 Å². The number of fused-ring (bicyclic) bond motifs is 1. The van der Waals surface area contributed by atoms with Crippen molar-refractivity contribution in [3.05, 3.63) is 51.5 Å². The van der Waals surface area contributed by atoms with Crippen LogP contribution < -0.4 is 10.0 Å². The first-order chi connectivity index (χ1) is 13.3. The minimum Gasteiger partial charge on any atom is -0.384 e. The van der Waals surface area contributed by atoms with Crippen LogP contribution in [0.1, 0.15) is 23.1 Å². The van der Waals surface area contributed by atoms with Crippen molar-refractivity contribution in [3.63, 3.8) is 0 Å². The van der Waals surface area contributed by atoms with E-state index in [0.717, 1.165) is 6.42 Å². The van der Waals surface area contributed by atoms with Crippen LogP contribution in [-0.2, 0) is 28.8 Å². The van der Waals surface area contributed by atoms with Gasteiger partial charge in [0.25, 0.3) is 10.0 Å². The molecule has 2 aromatic carbocycles. The first-order valence-electron chi connectivity index (χ1n) is 8.16. The molecule has 4 nitrogen and oxygen atoms in total. The lowest BCUT2D eigenvalue weighted by Crippen LogP contribution is -2.20. The third kappa shape index (κ3) is 4.80. The monoisotopic (exact) mass is 502 g/mol. The number of aryl methyl sites for hydroxylation is 1. The summed E-state index contributed by atoms with van der Waals surface area (Å²) in [6.07, 6.45) is -8.85. The Kier molecular flexibility index (Phi) is 5.54. The number of rotatable bonds is 3. The number of benzene rings is 2. The molecule has 158 valence electrons. The van der Waals surface area contributed by atoms with E-state index >= 15 is 0 Å². The summed E-state index contributed by atoms with van der Waals surface area (Å²) in [6.45, 7) is 0.485. The fourth-order valence-electron chi connectivity index (χ4n) is 2.96. The zero-order valence-electron chi connectivity index (χ0n) is 14.4. The smallest absolute Gasteiger partial charge is 0.384 e. The zero-order valence-corrected chi connectivity index (χ0v) is 16.8.